The van der Waals surface area contributed by atoms with Crippen LogP contribution < -0.4 is 10.1 Å². The average Bonchev–Trinajstić information content (AvgIpc) is 2.54. The second-order valence-corrected chi connectivity index (χ2v) is 5.20. The molecular formula is C13H17BrN2O2. The van der Waals surface area contributed by atoms with Gasteiger partial charge in [-0.15, -0.1) is 0 Å². The van der Waals surface area contributed by atoms with Crippen molar-refractivity contribution >= 4 is 21.8 Å². The fourth-order valence-corrected chi connectivity index (χ4v) is 2.29. The number of ether oxygens (including phenoxy) is 1. The minimum Gasteiger partial charge on any atom is -0.492 e. The summed E-state index contributed by atoms with van der Waals surface area (Å²) in [6.45, 7) is 3.58. The summed E-state index contributed by atoms with van der Waals surface area (Å²) >= 11 is 3.41. The third-order valence-corrected chi connectivity index (χ3v) is 3.31. The van der Waals surface area contributed by atoms with Crippen molar-refractivity contribution in [2.24, 2.45) is 0 Å². The fraction of sp³-hybridized carbons (Fsp3) is 0.462. The largest absolute Gasteiger partial charge is 0.492 e. The van der Waals surface area contributed by atoms with Gasteiger partial charge in [-0.2, -0.15) is 0 Å². The maximum absolute atomic E-state index is 11.4. The maximum atomic E-state index is 11.4. The van der Waals surface area contributed by atoms with Crippen molar-refractivity contribution in [3.63, 3.8) is 0 Å². The molecule has 1 amide bonds. The maximum Gasteiger partial charge on any atom is 0.234 e. The standard InChI is InChI=1S/C13H17BrN2O2/c14-11-3-1-4-12(9-11)18-8-7-16-6-2-5-15-13(17)10-16/h1,3-4,9H,2,5-8,10H2,(H,15,17). The first-order valence-electron chi connectivity index (χ1n) is 6.11. The number of benzene rings is 1. The van der Waals surface area contributed by atoms with Crippen molar-refractivity contribution in [1.29, 1.82) is 0 Å². The molecule has 0 unspecified atom stereocenters. The molecule has 98 valence electrons. The lowest BCUT2D eigenvalue weighted by molar-refractivity contribution is -0.121. The SMILES string of the molecule is O=C1CN(CCOc2cccc(Br)c2)CCCN1. The Morgan fingerprint density at radius 2 is 2.33 bits per heavy atom. The highest BCUT2D eigenvalue weighted by Crippen LogP contribution is 2.17. The molecule has 1 N–H and O–H groups in total. The Kier molecular flexibility index (Phi) is 5.01. The van der Waals surface area contributed by atoms with Crippen molar-refractivity contribution in [2.45, 2.75) is 6.42 Å². The van der Waals surface area contributed by atoms with Crippen molar-refractivity contribution in [3.8, 4) is 5.75 Å². The van der Waals surface area contributed by atoms with Crippen LogP contribution in [0.4, 0.5) is 0 Å². The smallest absolute Gasteiger partial charge is 0.234 e. The Labute approximate surface area is 115 Å². The van der Waals surface area contributed by atoms with Crippen molar-refractivity contribution in [3.05, 3.63) is 28.7 Å². The first-order chi connectivity index (χ1) is 8.74. The highest BCUT2D eigenvalue weighted by atomic mass is 79.9. The summed E-state index contributed by atoms with van der Waals surface area (Å²) in [6.07, 6.45) is 1.00. The zero-order chi connectivity index (χ0) is 12.8. The molecule has 0 spiro atoms. The zero-order valence-electron chi connectivity index (χ0n) is 10.2. The normalized spacial score (nSPS) is 17.1. The van der Waals surface area contributed by atoms with E-state index in [0.717, 1.165) is 36.3 Å². The minimum absolute atomic E-state index is 0.106. The second-order valence-electron chi connectivity index (χ2n) is 4.29. The van der Waals surface area contributed by atoms with Crippen LogP contribution in [0.2, 0.25) is 0 Å². The molecule has 1 aromatic carbocycles. The second kappa shape index (κ2) is 6.75. The Bertz CT molecular complexity index is 412. The van der Waals surface area contributed by atoms with Crippen molar-refractivity contribution in [2.75, 3.05) is 32.8 Å². The molecule has 1 aliphatic rings. The lowest BCUT2D eigenvalue weighted by Gasteiger charge is -2.18. The number of nitrogens with zero attached hydrogens (tertiary/aromatic N) is 1. The number of rotatable bonds is 4. The summed E-state index contributed by atoms with van der Waals surface area (Å²) < 4.78 is 6.67. The third-order valence-electron chi connectivity index (χ3n) is 2.81. The number of nitrogens with one attached hydrogen (secondary N) is 1. The number of carbonyl (C=O) groups excluding carboxylic acids is 1. The summed E-state index contributed by atoms with van der Waals surface area (Å²) in [6, 6.07) is 7.78. The number of amides is 1. The summed E-state index contributed by atoms with van der Waals surface area (Å²) in [4.78, 5) is 13.5. The van der Waals surface area contributed by atoms with Gasteiger partial charge >= 0.3 is 0 Å². The third kappa shape index (κ3) is 4.31. The predicted octanol–water partition coefficient (Wildman–Crippen LogP) is 1.65. The Hall–Kier alpha value is -1.07. The summed E-state index contributed by atoms with van der Waals surface area (Å²) in [5.74, 6) is 0.957. The van der Waals surface area contributed by atoms with Gasteiger partial charge in [0.2, 0.25) is 5.91 Å². The van der Waals surface area contributed by atoms with E-state index in [1.54, 1.807) is 0 Å². The highest BCUT2D eigenvalue weighted by molar-refractivity contribution is 9.10. The van der Waals surface area contributed by atoms with Gasteiger partial charge in [0.05, 0.1) is 6.54 Å². The molecule has 0 aliphatic carbocycles. The highest BCUT2D eigenvalue weighted by Gasteiger charge is 2.13. The lowest BCUT2D eigenvalue weighted by Crippen LogP contribution is -2.35. The molecular weight excluding hydrogens is 296 g/mol. The van der Waals surface area contributed by atoms with Crippen molar-refractivity contribution < 1.29 is 9.53 Å². The van der Waals surface area contributed by atoms with Crippen LogP contribution in [0.15, 0.2) is 28.7 Å². The number of carbonyl (C=O) groups is 1. The molecule has 1 saturated heterocycles. The van der Waals surface area contributed by atoms with E-state index in [1.165, 1.54) is 0 Å². The molecule has 18 heavy (non-hydrogen) atoms. The van der Waals surface area contributed by atoms with Crippen LogP contribution in [0, 0.1) is 0 Å². The molecule has 0 bridgehead atoms. The minimum atomic E-state index is 0.106. The Balaban J connectivity index is 1.76. The van der Waals surface area contributed by atoms with E-state index in [-0.39, 0.29) is 5.91 Å². The van der Waals surface area contributed by atoms with Gasteiger partial charge in [0.1, 0.15) is 12.4 Å². The number of hydrogen-bond donors (Lipinski definition) is 1. The number of halogens is 1. The topological polar surface area (TPSA) is 41.6 Å². The molecule has 1 heterocycles. The van der Waals surface area contributed by atoms with E-state index < -0.39 is 0 Å². The molecule has 5 heteroatoms. The Morgan fingerprint density at radius 1 is 1.44 bits per heavy atom. The van der Waals surface area contributed by atoms with Crippen LogP contribution >= 0.6 is 15.9 Å². The molecule has 0 atom stereocenters. The van der Waals surface area contributed by atoms with E-state index >= 15 is 0 Å². The molecule has 1 fully saturated rings. The van der Waals surface area contributed by atoms with Gasteiger partial charge in [-0.1, -0.05) is 22.0 Å². The molecule has 1 aliphatic heterocycles. The lowest BCUT2D eigenvalue weighted by atomic mass is 10.3. The monoisotopic (exact) mass is 312 g/mol. The van der Waals surface area contributed by atoms with Crippen molar-refractivity contribution in [1.82, 2.24) is 10.2 Å². The predicted molar refractivity (Wildman–Crippen MR) is 73.7 cm³/mol. The van der Waals surface area contributed by atoms with Crippen LogP contribution in [0.3, 0.4) is 0 Å². The molecule has 4 nitrogen and oxygen atoms in total. The van der Waals surface area contributed by atoms with Crippen LogP contribution in [-0.2, 0) is 4.79 Å². The van der Waals surface area contributed by atoms with Crippen LogP contribution in [-0.4, -0.2) is 43.6 Å². The van der Waals surface area contributed by atoms with Gasteiger partial charge in [-0.05, 0) is 24.6 Å². The molecule has 0 aromatic heterocycles. The average molecular weight is 313 g/mol. The molecule has 0 saturated carbocycles. The first-order valence-corrected chi connectivity index (χ1v) is 6.91. The first kappa shape index (κ1) is 13.4. The summed E-state index contributed by atoms with van der Waals surface area (Å²) in [5.41, 5.74) is 0. The zero-order valence-corrected chi connectivity index (χ0v) is 11.8. The molecule has 0 radical (unpaired) electrons. The van der Waals surface area contributed by atoms with Gasteiger partial charge in [-0.25, -0.2) is 0 Å². The van der Waals surface area contributed by atoms with Gasteiger partial charge in [0.25, 0.3) is 0 Å². The molecule has 2 rings (SSSR count). The van der Waals surface area contributed by atoms with E-state index in [9.17, 15) is 4.79 Å². The number of hydrogen-bond acceptors (Lipinski definition) is 3. The van der Waals surface area contributed by atoms with Crippen LogP contribution in [0.25, 0.3) is 0 Å². The quantitative estimate of drug-likeness (QED) is 0.919. The van der Waals surface area contributed by atoms with Gasteiger partial charge < -0.3 is 10.1 Å². The van der Waals surface area contributed by atoms with Gasteiger partial charge in [0.15, 0.2) is 0 Å². The van der Waals surface area contributed by atoms with Crippen LogP contribution in [0.5, 0.6) is 5.75 Å². The van der Waals surface area contributed by atoms with Gasteiger partial charge in [0, 0.05) is 24.1 Å². The van der Waals surface area contributed by atoms with E-state index in [4.69, 9.17) is 4.74 Å². The van der Waals surface area contributed by atoms with Crippen LogP contribution in [0.1, 0.15) is 6.42 Å². The Morgan fingerprint density at radius 3 is 3.17 bits per heavy atom. The molecule has 1 aromatic rings. The van der Waals surface area contributed by atoms with E-state index in [1.807, 2.05) is 24.3 Å². The van der Waals surface area contributed by atoms with Gasteiger partial charge in [-0.3, -0.25) is 9.69 Å². The van der Waals surface area contributed by atoms with E-state index in [2.05, 4.69) is 26.1 Å². The summed E-state index contributed by atoms with van der Waals surface area (Å²) in [7, 11) is 0. The fourth-order valence-electron chi connectivity index (χ4n) is 1.91. The summed E-state index contributed by atoms with van der Waals surface area (Å²) in [5, 5.41) is 2.86. The van der Waals surface area contributed by atoms with E-state index in [0.29, 0.717) is 13.2 Å².